The van der Waals surface area contributed by atoms with Gasteiger partial charge in [-0.3, -0.25) is 0 Å². The van der Waals surface area contributed by atoms with Crippen molar-refractivity contribution in [3.8, 4) is 0 Å². The quantitative estimate of drug-likeness (QED) is 0.701. The molecule has 0 spiro atoms. The molecule has 2 aromatic carbocycles. The third-order valence-electron chi connectivity index (χ3n) is 4.34. The van der Waals surface area contributed by atoms with Crippen LogP contribution < -0.4 is 0 Å². The summed E-state index contributed by atoms with van der Waals surface area (Å²) in [5, 5.41) is 4.76. The van der Waals surface area contributed by atoms with Gasteiger partial charge in [0, 0.05) is 11.1 Å². The molecular weight excluding hydrogens is 284 g/mol. The predicted molar refractivity (Wildman–Crippen MR) is 91.6 cm³/mol. The number of benzene rings is 2. The van der Waals surface area contributed by atoms with Crippen molar-refractivity contribution in [1.82, 2.24) is 9.78 Å². The average molecular weight is 302 g/mol. The summed E-state index contributed by atoms with van der Waals surface area (Å²) in [6.07, 6.45) is 0. The van der Waals surface area contributed by atoms with Gasteiger partial charge >= 0.3 is 0 Å². The summed E-state index contributed by atoms with van der Waals surface area (Å²) >= 11 is 0. The molecule has 4 rings (SSSR count). The largest absolute Gasteiger partial charge is 0.484 e. The van der Waals surface area contributed by atoms with Crippen molar-refractivity contribution in [2.45, 2.75) is 20.5 Å². The highest BCUT2D eigenvalue weighted by atomic mass is 16.5. The van der Waals surface area contributed by atoms with E-state index < -0.39 is 0 Å². The van der Waals surface area contributed by atoms with Gasteiger partial charge in [-0.25, -0.2) is 4.68 Å². The van der Waals surface area contributed by atoms with E-state index in [2.05, 4.69) is 31.2 Å². The number of ether oxygens (including phenoxy) is 1. The summed E-state index contributed by atoms with van der Waals surface area (Å²) < 4.78 is 8.22. The molecular formula is C20H18N2O. The number of aromatic nitrogens is 2. The smallest absolute Gasteiger partial charge is 0.153 e. The van der Waals surface area contributed by atoms with Crippen LogP contribution in [-0.2, 0) is 11.3 Å². The molecule has 0 fully saturated rings. The lowest BCUT2D eigenvalue weighted by molar-refractivity contribution is 0.247. The Morgan fingerprint density at radius 3 is 2.13 bits per heavy atom. The summed E-state index contributed by atoms with van der Waals surface area (Å²) in [7, 11) is 0. The van der Waals surface area contributed by atoms with E-state index in [4.69, 9.17) is 9.84 Å². The molecule has 2 heterocycles. The molecule has 114 valence electrons. The van der Waals surface area contributed by atoms with Gasteiger partial charge in [-0.2, -0.15) is 5.10 Å². The number of nitrogens with zero attached hydrogens (tertiary/aromatic N) is 2. The third kappa shape index (κ3) is 2.25. The number of fused-ring (bicyclic) bond motifs is 1. The number of hydrogen-bond donors (Lipinski definition) is 0. The van der Waals surface area contributed by atoms with Gasteiger partial charge in [0.05, 0.1) is 11.4 Å². The minimum Gasteiger partial charge on any atom is -0.484 e. The molecule has 0 saturated carbocycles. The zero-order valence-corrected chi connectivity index (χ0v) is 13.3. The maximum Gasteiger partial charge on any atom is 0.153 e. The first-order valence-corrected chi connectivity index (χ1v) is 7.79. The average Bonchev–Trinajstić information content (AvgIpc) is 2.90. The Balaban J connectivity index is 2.01. The fourth-order valence-electron chi connectivity index (χ4n) is 2.97. The van der Waals surface area contributed by atoms with Crippen molar-refractivity contribution < 1.29 is 4.74 Å². The van der Waals surface area contributed by atoms with Crippen molar-refractivity contribution in [2.24, 2.45) is 0 Å². The van der Waals surface area contributed by atoms with Gasteiger partial charge in [0.25, 0.3) is 0 Å². The number of rotatable bonds is 2. The molecule has 0 saturated heterocycles. The molecule has 0 N–H and O–H groups in total. The van der Waals surface area contributed by atoms with E-state index in [0.29, 0.717) is 6.61 Å². The monoisotopic (exact) mass is 302 g/mol. The van der Waals surface area contributed by atoms with Crippen molar-refractivity contribution in [3.05, 3.63) is 88.7 Å². The molecule has 1 aromatic heterocycles. The molecule has 3 nitrogen and oxygen atoms in total. The van der Waals surface area contributed by atoms with E-state index in [1.165, 1.54) is 5.56 Å². The highest BCUT2D eigenvalue weighted by Crippen LogP contribution is 2.35. The van der Waals surface area contributed by atoms with E-state index in [9.17, 15) is 0 Å². The lowest BCUT2D eigenvalue weighted by atomic mass is 10.0. The van der Waals surface area contributed by atoms with Gasteiger partial charge in [-0.1, -0.05) is 60.7 Å². The van der Waals surface area contributed by atoms with Crippen LogP contribution in [0, 0.1) is 13.8 Å². The Hall–Kier alpha value is -2.81. The molecule has 1 aliphatic rings. The standard InChI is InChI=1S/C20H18N2O/c1-14-15(2)21-22-18(14)13-23-20(17-11-7-4-8-12-17)19(22)16-9-5-3-6-10-16/h3-12H,13H2,1-2H3. The molecule has 23 heavy (non-hydrogen) atoms. The van der Waals surface area contributed by atoms with Gasteiger partial charge in [0.2, 0.25) is 0 Å². The summed E-state index contributed by atoms with van der Waals surface area (Å²) in [4.78, 5) is 0. The lowest BCUT2D eigenvalue weighted by Crippen LogP contribution is -2.16. The Morgan fingerprint density at radius 2 is 1.48 bits per heavy atom. The third-order valence-corrected chi connectivity index (χ3v) is 4.34. The van der Waals surface area contributed by atoms with E-state index in [1.807, 2.05) is 48.0 Å². The Labute approximate surface area is 135 Å². The topological polar surface area (TPSA) is 27.1 Å². The van der Waals surface area contributed by atoms with E-state index in [0.717, 1.165) is 34.0 Å². The van der Waals surface area contributed by atoms with Gasteiger partial charge in [-0.15, -0.1) is 0 Å². The van der Waals surface area contributed by atoms with Crippen LogP contribution in [0.25, 0.3) is 11.5 Å². The van der Waals surface area contributed by atoms with Crippen LogP contribution in [0.15, 0.2) is 60.7 Å². The SMILES string of the molecule is Cc1nn2c(c1C)COC(c1ccccc1)=C2c1ccccc1. The van der Waals surface area contributed by atoms with Crippen LogP contribution in [0.1, 0.15) is 28.1 Å². The van der Waals surface area contributed by atoms with Crippen molar-refractivity contribution >= 4 is 11.5 Å². The first kappa shape index (κ1) is 13.8. The van der Waals surface area contributed by atoms with Crippen molar-refractivity contribution in [3.63, 3.8) is 0 Å². The summed E-state index contributed by atoms with van der Waals surface area (Å²) in [5.74, 6) is 0.881. The molecule has 3 aromatic rings. The molecule has 3 heteroatoms. The second kappa shape index (κ2) is 5.43. The fourth-order valence-corrected chi connectivity index (χ4v) is 2.97. The van der Waals surface area contributed by atoms with E-state index in [-0.39, 0.29) is 0 Å². The molecule has 0 atom stereocenters. The first-order chi connectivity index (χ1) is 11.3. The summed E-state index contributed by atoms with van der Waals surface area (Å²) in [5.41, 5.74) is 6.56. The van der Waals surface area contributed by atoms with Crippen LogP contribution in [0.3, 0.4) is 0 Å². The number of aryl methyl sites for hydroxylation is 1. The van der Waals surface area contributed by atoms with E-state index >= 15 is 0 Å². The van der Waals surface area contributed by atoms with Crippen LogP contribution in [0.5, 0.6) is 0 Å². The van der Waals surface area contributed by atoms with Crippen LogP contribution >= 0.6 is 0 Å². The first-order valence-electron chi connectivity index (χ1n) is 7.79. The number of hydrogen-bond acceptors (Lipinski definition) is 2. The van der Waals surface area contributed by atoms with Crippen molar-refractivity contribution in [1.29, 1.82) is 0 Å². The summed E-state index contributed by atoms with van der Waals surface area (Å²) in [6.45, 7) is 4.70. The fraction of sp³-hybridized carbons (Fsp3) is 0.150. The van der Waals surface area contributed by atoms with Crippen LogP contribution in [0.4, 0.5) is 0 Å². The predicted octanol–water partition coefficient (Wildman–Crippen LogP) is 4.40. The zero-order chi connectivity index (χ0) is 15.8. The molecule has 0 bridgehead atoms. The highest BCUT2D eigenvalue weighted by molar-refractivity contribution is 5.88. The Morgan fingerprint density at radius 1 is 0.870 bits per heavy atom. The molecule has 1 aliphatic heterocycles. The van der Waals surface area contributed by atoms with Gasteiger partial charge < -0.3 is 4.74 Å². The Bertz CT molecular complexity index is 877. The van der Waals surface area contributed by atoms with Gasteiger partial charge in [0.1, 0.15) is 12.3 Å². The maximum atomic E-state index is 6.17. The van der Waals surface area contributed by atoms with Gasteiger partial charge in [0.15, 0.2) is 5.76 Å². The van der Waals surface area contributed by atoms with Crippen LogP contribution in [-0.4, -0.2) is 9.78 Å². The minimum absolute atomic E-state index is 0.549. The van der Waals surface area contributed by atoms with Gasteiger partial charge in [-0.05, 0) is 19.4 Å². The lowest BCUT2D eigenvalue weighted by Gasteiger charge is -2.24. The second-order valence-corrected chi connectivity index (χ2v) is 5.77. The van der Waals surface area contributed by atoms with E-state index in [1.54, 1.807) is 0 Å². The minimum atomic E-state index is 0.549. The normalized spacial score (nSPS) is 13.7. The molecule has 0 unspecified atom stereocenters. The maximum absolute atomic E-state index is 6.17. The van der Waals surface area contributed by atoms with Crippen LogP contribution in [0.2, 0.25) is 0 Å². The highest BCUT2D eigenvalue weighted by Gasteiger charge is 2.26. The molecule has 0 amide bonds. The molecule has 0 aliphatic carbocycles. The second-order valence-electron chi connectivity index (χ2n) is 5.77. The molecule has 0 radical (unpaired) electrons. The van der Waals surface area contributed by atoms with Crippen molar-refractivity contribution in [2.75, 3.05) is 0 Å². The zero-order valence-electron chi connectivity index (χ0n) is 13.3. The summed E-state index contributed by atoms with van der Waals surface area (Å²) in [6, 6.07) is 20.5. The Kier molecular flexibility index (Phi) is 3.27.